The van der Waals surface area contributed by atoms with Crippen LogP contribution in [0.4, 0.5) is 0 Å². The standard InChI is InChI=1S/C13H21N5O4/c1-7(2)11(14)12(20)16-5-10(19)18-9(13(21)22)3-8-4-15-6-17-8/h4,6-7,9,11H,3,5,14H2,1-2H3,(H,15,17)(H,16,20)(H,18,19)(H,21,22)/t9-,11-/m0/s1. The molecule has 0 unspecified atom stereocenters. The molecular weight excluding hydrogens is 290 g/mol. The Morgan fingerprint density at radius 1 is 1.41 bits per heavy atom. The molecule has 0 saturated carbocycles. The van der Waals surface area contributed by atoms with Crippen LogP contribution < -0.4 is 16.4 Å². The predicted molar refractivity (Wildman–Crippen MR) is 77.7 cm³/mol. The van der Waals surface area contributed by atoms with Crippen molar-refractivity contribution in [3.8, 4) is 0 Å². The molecule has 1 rings (SSSR count). The van der Waals surface area contributed by atoms with Gasteiger partial charge in [-0.15, -0.1) is 0 Å². The van der Waals surface area contributed by atoms with Crippen molar-refractivity contribution >= 4 is 17.8 Å². The van der Waals surface area contributed by atoms with Crippen molar-refractivity contribution in [3.05, 3.63) is 18.2 Å². The summed E-state index contributed by atoms with van der Waals surface area (Å²) in [6.07, 6.45) is 2.97. The van der Waals surface area contributed by atoms with Crippen LogP contribution in [0.25, 0.3) is 0 Å². The summed E-state index contributed by atoms with van der Waals surface area (Å²) in [7, 11) is 0. The van der Waals surface area contributed by atoms with Crippen LogP contribution in [-0.2, 0) is 20.8 Å². The molecule has 0 aliphatic carbocycles. The lowest BCUT2D eigenvalue weighted by Crippen LogP contribution is -2.50. The first-order valence-electron chi connectivity index (χ1n) is 6.84. The number of hydrogen-bond acceptors (Lipinski definition) is 5. The van der Waals surface area contributed by atoms with Crippen LogP contribution in [0.3, 0.4) is 0 Å². The minimum Gasteiger partial charge on any atom is -0.480 e. The van der Waals surface area contributed by atoms with Crippen LogP contribution in [-0.4, -0.2) is 51.5 Å². The maximum Gasteiger partial charge on any atom is 0.326 e. The molecule has 0 radical (unpaired) electrons. The topological polar surface area (TPSA) is 150 Å². The van der Waals surface area contributed by atoms with Gasteiger partial charge in [0.25, 0.3) is 0 Å². The number of carboxylic acids is 1. The van der Waals surface area contributed by atoms with Gasteiger partial charge in [0.05, 0.1) is 18.9 Å². The second-order valence-electron chi connectivity index (χ2n) is 5.23. The van der Waals surface area contributed by atoms with Crippen molar-refractivity contribution in [2.45, 2.75) is 32.4 Å². The summed E-state index contributed by atoms with van der Waals surface area (Å²) in [5.74, 6) is -2.29. The highest BCUT2D eigenvalue weighted by Crippen LogP contribution is 1.99. The molecule has 0 fully saturated rings. The average Bonchev–Trinajstić information content (AvgIpc) is 2.95. The van der Waals surface area contributed by atoms with E-state index in [0.717, 1.165) is 0 Å². The van der Waals surface area contributed by atoms with Crippen molar-refractivity contribution in [1.29, 1.82) is 0 Å². The Kier molecular flexibility index (Phi) is 6.51. The Labute approximate surface area is 127 Å². The number of nitrogens with two attached hydrogens (primary N) is 1. The molecule has 1 aromatic heterocycles. The molecule has 1 aromatic rings. The molecule has 0 bridgehead atoms. The SMILES string of the molecule is CC(C)[C@H](N)C(=O)NCC(=O)N[C@@H](Cc1cnc[nH]1)C(=O)O. The number of amides is 2. The van der Waals surface area contributed by atoms with Gasteiger partial charge in [-0.3, -0.25) is 9.59 Å². The summed E-state index contributed by atoms with van der Waals surface area (Å²) in [5, 5.41) is 13.8. The van der Waals surface area contributed by atoms with Crippen molar-refractivity contribution in [2.24, 2.45) is 11.7 Å². The molecule has 122 valence electrons. The first-order valence-corrected chi connectivity index (χ1v) is 6.84. The van der Waals surface area contributed by atoms with Gasteiger partial charge in [0.2, 0.25) is 11.8 Å². The molecule has 1 heterocycles. The lowest BCUT2D eigenvalue weighted by atomic mass is 10.1. The number of aromatic amines is 1. The van der Waals surface area contributed by atoms with E-state index in [1.54, 1.807) is 13.8 Å². The maximum absolute atomic E-state index is 11.7. The Morgan fingerprint density at radius 2 is 2.09 bits per heavy atom. The highest BCUT2D eigenvalue weighted by Gasteiger charge is 2.22. The van der Waals surface area contributed by atoms with Gasteiger partial charge in [0, 0.05) is 18.3 Å². The quantitative estimate of drug-likeness (QED) is 0.399. The third-order valence-electron chi connectivity index (χ3n) is 3.06. The minimum absolute atomic E-state index is 0.0600. The number of rotatable bonds is 8. The number of imidazole rings is 1. The first kappa shape index (κ1) is 17.6. The largest absolute Gasteiger partial charge is 0.480 e. The number of aromatic nitrogens is 2. The number of aliphatic carboxylic acids is 1. The van der Waals surface area contributed by atoms with Crippen LogP contribution >= 0.6 is 0 Å². The second kappa shape index (κ2) is 8.13. The van der Waals surface area contributed by atoms with Gasteiger partial charge in [-0.2, -0.15) is 0 Å². The zero-order chi connectivity index (χ0) is 16.7. The van der Waals surface area contributed by atoms with Gasteiger partial charge in [0.1, 0.15) is 6.04 Å². The minimum atomic E-state index is -1.17. The number of carbonyl (C=O) groups excluding carboxylic acids is 2. The van der Waals surface area contributed by atoms with E-state index >= 15 is 0 Å². The number of nitrogens with zero attached hydrogens (tertiary/aromatic N) is 1. The molecule has 0 aromatic carbocycles. The van der Waals surface area contributed by atoms with Gasteiger partial charge in [-0.1, -0.05) is 13.8 Å². The Balaban J connectivity index is 2.47. The van der Waals surface area contributed by atoms with Crippen LogP contribution in [0, 0.1) is 5.92 Å². The number of carboxylic acid groups (broad SMARTS) is 1. The molecule has 22 heavy (non-hydrogen) atoms. The molecular formula is C13H21N5O4. The Morgan fingerprint density at radius 3 is 2.59 bits per heavy atom. The third kappa shape index (κ3) is 5.52. The van der Waals surface area contributed by atoms with Crippen LogP contribution in [0.2, 0.25) is 0 Å². The zero-order valence-electron chi connectivity index (χ0n) is 12.5. The Hall–Kier alpha value is -2.42. The van der Waals surface area contributed by atoms with Crippen molar-refractivity contribution in [1.82, 2.24) is 20.6 Å². The van der Waals surface area contributed by atoms with Gasteiger partial charge in [-0.25, -0.2) is 9.78 Å². The van der Waals surface area contributed by atoms with Crippen LogP contribution in [0.1, 0.15) is 19.5 Å². The van der Waals surface area contributed by atoms with E-state index < -0.39 is 29.9 Å². The smallest absolute Gasteiger partial charge is 0.326 e. The van der Waals surface area contributed by atoms with Crippen LogP contribution in [0.5, 0.6) is 0 Å². The zero-order valence-corrected chi connectivity index (χ0v) is 12.5. The first-order chi connectivity index (χ1) is 10.3. The van der Waals surface area contributed by atoms with E-state index in [1.165, 1.54) is 12.5 Å². The van der Waals surface area contributed by atoms with E-state index in [4.69, 9.17) is 10.8 Å². The van der Waals surface area contributed by atoms with Crippen molar-refractivity contribution in [2.75, 3.05) is 6.54 Å². The molecule has 9 nitrogen and oxygen atoms in total. The van der Waals surface area contributed by atoms with E-state index in [9.17, 15) is 14.4 Å². The van der Waals surface area contributed by atoms with E-state index in [2.05, 4.69) is 20.6 Å². The second-order valence-corrected chi connectivity index (χ2v) is 5.23. The summed E-state index contributed by atoms with van der Waals surface area (Å²) in [4.78, 5) is 41.0. The Bertz CT molecular complexity index is 515. The fourth-order valence-corrected chi connectivity index (χ4v) is 1.65. The normalized spacial score (nSPS) is 13.5. The number of nitrogens with one attached hydrogen (secondary N) is 3. The summed E-state index contributed by atoms with van der Waals surface area (Å²) in [6.45, 7) is 3.25. The predicted octanol–water partition coefficient (Wildman–Crippen LogP) is -1.38. The molecule has 6 N–H and O–H groups in total. The summed E-state index contributed by atoms with van der Waals surface area (Å²) in [5.41, 5.74) is 6.22. The average molecular weight is 311 g/mol. The fraction of sp³-hybridized carbons (Fsp3) is 0.538. The summed E-state index contributed by atoms with van der Waals surface area (Å²) < 4.78 is 0. The van der Waals surface area contributed by atoms with Gasteiger partial charge in [0.15, 0.2) is 0 Å². The van der Waals surface area contributed by atoms with Gasteiger partial charge >= 0.3 is 5.97 Å². The van der Waals surface area contributed by atoms with E-state index in [0.29, 0.717) is 5.69 Å². The molecule has 9 heteroatoms. The monoisotopic (exact) mass is 311 g/mol. The molecule has 0 aliphatic heterocycles. The summed E-state index contributed by atoms with van der Waals surface area (Å²) >= 11 is 0. The molecule has 2 amide bonds. The van der Waals surface area contributed by atoms with Gasteiger partial charge < -0.3 is 26.5 Å². The molecule has 0 spiro atoms. The maximum atomic E-state index is 11.7. The lowest BCUT2D eigenvalue weighted by Gasteiger charge is -2.17. The number of hydrogen-bond donors (Lipinski definition) is 5. The molecule has 2 atom stereocenters. The van der Waals surface area contributed by atoms with Crippen LogP contribution in [0.15, 0.2) is 12.5 Å². The summed E-state index contributed by atoms with van der Waals surface area (Å²) in [6, 6.07) is -1.82. The molecule has 0 saturated heterocycles. The lowest BCUT2D eigenvalue weighted by molar-refractivity contribution is -0.141. The number of carbonyl (C=O) groups is 3. The highest BCUT2D eigenvalue weighted by molar-refractivity contribution is 5.89. The third-order valence-corrected chi connectivity index (χ3v) is 3.06. The van der Waals surface area contributed by atoms with Crippen molar-refractivity contribution < 1.29 is 19.5 Å². The van der Waals surface area contributed by atoms with E-state index in [1.807, 2.05) is 0 Å². The van der Waals surface area contributed by atoms with Gasteiger partial charge in [-0.05, 0) is 5.92 Å². The fourth-order valence-electron chi connectivity index (χ4n) is 1.65. The van der Waals surface area contributed by atoms with Crippen molar-refractivity contribution in [3.63, 3.8) is 0 Å². The highest BCUT2D eigenvalue weighted by atomic mass is 16.4. The number of H-pyrrole nitrogens is 1. The molecule has 0 aliphatic rings. The van der Waals surface area contributed by atoms with E-state index in [-0.39, 0.29) is 18.9 Å².